The van der Waals surface area contributed by atoms with Crippen molar-refractivity contribution < 1.29 is 21.6 Å². The molecule has 0 bridgehead atoms. The van der Waals surface area contributed by atoms with E-state index in [0.717, 1.165) is 21.0 Å². The van der Waals surface area contributed by atoms with Gasteiger partial charge in [-0.2, -0.15) is 0 Å². The van der Waals surface area contributed by atoms with Crippen molar-refractivity contribution in [3.05, 3.63) is 114 Å². The van der Waals surface area contributed by atoms with Crippen molar-refractivity contribution in [2.45, 2.75) is 43.4 Å². The summed E-state index contributed by atoms with van der Waals surface area (Å²) in [6.45, 7) is 7.33. The number of nitrogens with zero attached hydrogens (tertiary/aromatic N) is 1. The minimum atomic E-state index is -4.07. The van der Waals surface area contributed by atoms with Crippen molar-refractivity contribution in [3.63, 3.8) is 0 Å². The van der Waals surface area contributed by atoms with Crippen LogP contribution in [0.2, 0.25) is 0 Å². The molecule has 0 aromatic heterocycles. The van der Waals surface area contributed by atoms with Crippen LogP contribution in [0.3, 0.4) is 0 Å². The molecule has 10 heteroatoms. The van der Waals surface area contributed by atoms with Gasteiger partial charge in [-0.15, -0.1) is 0 Å². The lowest BCUT2D eigenvalue weighted by Gasteiger charge is -2.24. The molecule has 4 aromatic carbocycles. The molecule has 0 radical (unpaired) electrons. The fourth-order valence-electron chi connectivity index (χ4n) is 4.15. The number of sulfonamides is 2. The van der Waals surface area contributed by atoms with E-state index in [1.807, 2.05) is 45.9 Å². The van der Waals surface area contributed by atoms with Gasteiger partial charge >= 0.3 is 0 Å². The van der Waals surface area contributed by atoms with Gasteiger partial charge in [0.15, 0.2) is 0 Å². The minimum Gasteiger partial charge on any atom is -0.325 e. The van der Waals surface area contributed by atoms with Crippen molar-refractivity contribution in [2.75, 3.05) is 20.9 Å². The van der Waals surface area contributed by atoms with Crippen LogP contribution >= 0.6 is 0 Å². The quantitative estimate of drug-likeness (QED) is 0.233. The Kier molecular flexibility index (Phi) is 8.84. The van der Waals surface area contributed by atoms with Crippen LogP contribution in [-0.4, -0.2) is 29.3 Å². The highest BCUT2D eigenvalue weighted by Gasteiger charge is 2.27. The highest BCUT2D eigenvalue weighted by molar-refractivity contribution is 7.93. The standard InChI is InChI=1S/C31H33N3O5S2/c1-22(2)25-10-14-28(15-11-25)34(41(38,39)30-16-8-23(3)9-17-30)21-31(35)32-26-12-18-29(19-13-26)40(36,37)33-27-7-5-6-24(4)20-27/h5-20,22,33H,21H2,1-4H3,(H,32,35). The molecule has 0 spiro atoms. The predicted octanol–water partition coefficient (Wildman–Crippen LogP) is 6.06. The molecule has 214 valence electrons. The Hall–Kier alpha value is -4.15. The Labute approximate surface area is 242 Å². The lowest BCUT2D eigenvalue weighted by Crippen LogP contribution is -2.38. The minimum absolute atomic E-state index is 0.0193. The van der Waals surface area contributed by atoms with E-state index in [9.17, 15) is 21.6 Å². The molecular weight excluding hydrogens is 558 g/mol. The van der Waals surface area contributed by atoms with Gasteiger partial charge in [0.2, 0.25) is 5.91 Å². The maximum atomic E-state index is 13.6. The summed E-state index contributed by atoms with van der Waals surface area (Å²) in [5, 5.41) is 2.68. The van der Waals surface area contributed by atoms with E-state index in [0.29, 0.717) is 17.1 Å². The molecule has 41 heavy (non-hydrogen) atoms. The van der Waals surface area contributed by atoms with Gasteiger partial charge in [-0.3, -0.25) is 13.8 Å². The molecule has 0 heterocycles. The van der Waals surface area contributed by atoms with E-state index < -0.39 is 32.5 Å². The van der Waals surface area contributed by atoms with Gasteiger partial charge in [-0.25, -0.2) is 16.8 Å². The SMILES string of the molecule is Cc1ccc(S(=O)(=O)N(CC(=O)Nc2ccc(S(=O)(=O)Nc3cccc(C)c3)cc2)c2ccc(C(C)C)cc2)cc1. The van der Waals surface area contributed by atoms with E-state index in [1.165, 1.54) is 36.4 Å². The van der Waals surface area contributed by atoms with Gasteiger partial charge < -0.3 is 5.32 Å². The van der Waals surface area contributed by atoms with Crippen molar-refractivity contribution in [1.82, 2.24) is 0 Å². The second-order valence-corrected chi connectivity index (χ2v) is 13.7. The van der Waals surface area contributed by atoms with E-state index in [4.69, 9.17) is 0 Å². The average Bonchev–Trinajstić information content (AvgIpc) is 2.92. The van der Waals surface area contributed by atoms with Gasteiger partial charge in [0.25, 0.3) is 20.0 Å². The molecule has 0 fully saturated rings. The van der Waals surface area contributed by atoms with Crippen LogP contribution < -0.4 is 14.3 Å². The number of hydrogen-bond donors (Lipinski definition) is 2. The van der Waals surface area contributed by atoms with Crippen LogP contribution in [0.15, 0.2) is 107 Å². The van der Waals surface area contributed by atoms with Crippen LogP contribution in [-0.2, 0) is 24.8 Å². The van der Waals surface area contributed by atoms with Crippen LogP contribution in [0, 0.1) is 13.8 Å². The summed E-state index contributed by atoms with van der Waals surface area (Å²) in [7, 11) is -7.91. The molecule has 0 saturated heterocycles. The number of carbonyl (C=O) groups is 1. The Morgan fingerprint density at radius 1 is 0.732 bits per heavy atom. The maximum Gasteiger partial charge on any atom is 0.264 e. The third-order valence-electron chi connectivity index (χ3n) is 6.46. The normalized spacial score (nSPS) is 11.7. The number of carbonyl (C=O) groups excluding carboxylic acids is 1. The zero-order valence-corrected chi connectivity index (χ0v) is 25.0. The lowest BCUT2D eigenvalue weighted by atomic mass is 10.0. The molecule has 4 rings (SSSR count). The molecular formula is C31H33N3O5S2. The van der Waals surface area contributed by atoms with E-state index in [2.05, 4.69) is 10.0 Å². The predicted molar refractivity (Wildman–Crippen MR) is 163 cm³/mol. The Morgan fingerprint density at radius 3 is 1.93 bits per heavy atom. The molecule has 4 aromatic rings. The summed E-state index contributed by atoms with van der Waals surface area (Å²) in [6.07, 6.45) is 0. The zero-order valence-electron chi connectivity index (χ0n) is 23.3. The van der Waals surface area contributed by atoms with Crippen molar-refractivity contribution in [2.24, 2.45) is 0 Å². The fraction of sp³-hybridized carbons (Fsp3) is 0.194. The smallest absolute Gasteiger partial charge is 0.264 e. The van der Waals surface area contributed by atoms with Crippen molar-refractivity contribution in [1.29, 1.82) is 0 Å². The topological polar surface area (TPSA) is 113 Å². The Balaban J connectivity index is 1.54. The molecule has 2 N–H and O–H groups in total. The second kappa shape index (κ2) is 12.2. The van der Waals surface area contributed by atoms with Crippen molar-refractivity contribution >= 4 is 43.0 Å². The van der Waals surface area contributed by atoms with E-state index in [1.54, 1.807) is 42.5 Å². The third kappa shape index (κ3) is 7.33. The third-order valence-corrected chi connectivity index (χ3v) is 9.65. The maximum absolute atomic E-state index is 13.6. The number of hydrogen-bond acceptors (Lipinski definition) is 5. The molecule has 0 saturated carbocycles. The van der Waals surface area contributed by atoms with Crippen LogP contribution in [0.1, 0.15) is 36.5 Å². The molecule has 0 unspecified atom stereocenters. The first kappa shape index (κ1) is 29.8. The second-order valence-electron chi connectivity index (χ2n) is 10.1. The van der Waals surface area contributed by atoms with Gasteiger partial charge in [-0.05, 0) is 91.6 Å². The van der Waals surface area contributed by atoms with Gasteiger partial charge in [0.05, 0.1) is 15.5 Å². The first-order valence-electron chi connectivity index (χ1n) is 13.0. The summed E-state index contributed by atoms with van der Waals surface area (Å²) in [6, 6.07) is 26.2. The number of rotatable bonds is 10. The molecule has 0 atom stereocenters. The molecule has 0 aliphatic heterocycles. The van der Waals surface area contributed by atoms with Gasteiger partial charge in [-0.1, -0.05) is 55.8 Å². The first-order valence-corrected chi connectivity index (χ1v) is 16.0. The van der Waals surface area contributed by atoms with Gasteiger partial charge in [0.1, 0.15) is 6.54 Å². The van der Waals surface area contributed by atoms with E-state index in [-0.39, 0.29) is 15.7 Å². The number of benzene rings is 4. The summed E-state index contributed by atoms with van der Waals surface area (Å²) < 4.78 is 56.5. The molecule has 8 nitrogen and oxygen atoms in total. The highest BCUT2D eigenvalue weighted by atomic mass is 32.2. The largest absolute Gasteiger partial charge is 0.325 e. The van der Waals surface area contributed by atoms with Gasteiger partial charge in [0, 0.05) is 11.4 Å². The summed E-state index contributed by atoms with van der Waals surface area (Å²) in [5.41, 5.74) is 3.99. The Bertz CT molecular complexity index is 1730. The van der Waals surface area contributed by atoms with Crippen LogP contribution in [0.4, 0.5) is 17.1 Å². The number of aryl methyl sites for hydroxylation is 2. The zero-order chi connectivity index (χ0) is 29.8. The molecule has 0 aliphatic rings. The molecule has 1 amide bonds. The number of amides is 1. The Morgan fingerprint density at radius 2 is 1.34 bits per heavy atom. The monoisotopic (exact) mass is 591 g/mol. The lowest BCUT2D eigenvalue weighted by molar-refractivity contribution is -0.114. The van der Waals surface area contributed by atoms with E-state index >= 15 is 0 Å². The van der Waals surface area contributed by atoms with Crippen LogP contribution in [0.5, 0.6) is 0 Å². The molecule has 0 aliphatic carbocycles. The summed E-state index contributed by atoms with van der Waals surface area (Å²) in [5.74, 6) is -0.324. The fourth-order valence-corrected chi connectivity index (χ4v) is 6.62. The number of nitrogens with one attached hydrogen (secondary N) is 2. The summed E-state index contributed by atoms with van der Waals surface area (Å²) in [4.78, 5) is 13.2. The highest BCUT2D eigenvalue weighted by Crippen LogP contribution is 2.27. The van der Waals surface area contributed by atoms with Crippen molar-refractivity contribution in [3.8, 4) is 0 Å². The van der Waals surface area contributed by atoms with Crippen LogP contribution in [0.25, 0.3) is 0 Å². The summed E-state index contributed by atoms with van der Waals surface area (Å²) >= 11 is 0. The first-order chi connectivity index (χ1) is 19.3. The number of anilines is 3. The average molecular weight is 592 g/mol.